The average molecular weight is 272 g/mol. The van der Waals surface area contributed by atoms with Gasteiger partial charge in [-0.3, -0.25) is 0 Å². The molecule has 3 aromatic rings. The van der Waals surface area contributed by atoms with E-state index in [0.29, 0.717) is 22.4 Å². The van der Waals surface area contributed by atoms with Crippen molar-refractivity contribution in [3.8, 4) is 17.3 Å². The van der Waals surface area contributed by atoms with E-state index in [1.807, 2.05) is 36.4 Å². The molecule has 2 aromatic heterocycles. The number of aromatic nitrogens is 3. The van der Waals surface area contributed by atoms with Crippen molar-refractivity contribution in [1.29, 1.82) is 0 Å². The van der Waals surface area contributed by atoms with Crippen molar-refractivity contribution in [3.63, 3.8) is 0 Å². The first kappa shape index (κ1) is 11.9. The Morgan fingerprint density at radius 1 is 0.947 bits per heavy atom. The van der Waals surface area contributed by atoms with Gasteiger partial charge < -0.3 is 4.74 Å². The Labute approximate surface area is 115 Å². The van der Waals surface area contributed by atoms with E-state index in [-0.39, 0.29) is 0 Å². The van der Waals surface area contributed by atoms with Crippen LogP contribution in [0.25, 0.3) is 22.2 Å². The molecule has 0 aliphatic carbocycles. The third-order valence-electron chi connectivity index (χ3n) is 2.82. The van der Waals surface area contributed by atoms with Crippen LogP contribution in [0.2, 0.25) is 5.15 Å². The van der Waals surface area contributed by atoms with Gasteiger partial charge >= 0.3 is 0 Å². The summed E-state index contributed by atoms with van der Waals surface area (Å²) >= 11 is 6.06. The summed E-state index contributed by atoms with van der Waals surface area (Å²) in [7, 11) is 1.58. The Kier molecular flexibility index (Phi) is 3.01. The van der Waals surface area contributed by atoms with E-state index < -0.39 is 0 Å². The lowest BCUT2D eigenvalue weighted by atomic mass is 10.1. The number of pyridine rings is 1. The predicted molar refractivity (Wildman–Crippen MR) is 74.3 cm³/mol. The number of halogens is 1. The first-order valence-corrected chi connectivity index (χ1v) is 6.10. The van der Waals surface area contributed by atoms with Crippen molar-refractivity contribution in [2.24, 2.45) is 0 Å². The molecule has 0 unspecified atom stereocenters. The summed E-state index contributed by atoms with van der Waals surface area (Å²) in [5, 5.41) is 10.3. The SMILES string of the molecule is COc1cccc(-c2nnc(Cl)c3ccccc23)n1. The van der Waals surface area contributed by atoms with Gasteiger partial charge in [0, 0.05) is 16.8 Å². The summed E-state index contributed by atoms with van der Waals surface area (Å²) in [5.74, 6) is 0.540. The van der Waals surface area contributed by atoms with Gasteiger partial charge in [0.25, 0.3) is 0 Å². The predicted octanol–water partition coefficient (Wildman–Crippen LogP) is 3.35. The van der Waals surface area contributed by atoms with Crippen LogP contribution >= 0.6 is 11.6 Å². The maximum absolute atomic E-state index is 6.06. The Bertz CT molecular complexity index is 746. The van der Waals surface area contributed by atoms with E-state index in [4.69, 9.17) is 16.3 Å². The number of hydrogen-bond donors (Lipinski definition) is 0. The highest BCUT2D eigenvalue weighted by molar-refractivity contribution is 6.34. The van der Waals surface area contributed by atoms with Crippen molar-refractivity contribution >= 4 is 22.4 Å². The lowest BCUT2D eigenvalue weighted by Gasteiger charge is -2.06. The summed E-state index contributed by atoms with van der Waals surface area (Å²) in [6, 6.07) is 13.2. The van der Waals surface area contributed by atoms with Crippen LogP contribution in [-0.4, -0.2) is 22.3 Å². The zero-order valence-electron chi connectivity index (χ0n) is 10.2. The van der Waals surface area contributed by atoms with Gasteiger partial charge in [0.05, 0.1) is 12.8 Å². The van der Waals surface area contributed by atoms with Crippen molar-refractivity contribution < 1.29 is 4.74 Å². The minimum absolute atomic E-state index is 0.391. The lowest BCUT2D eigenvalue weighted by molar-refractivity contribution is 0.398. The number of fused-ring (bicyclic) bond motifs is 1. The van der Waals surface area contributed by atoms with E-state index in [0.717, 1.165) is 10.8 Å². The third kappa shape index (κ3) is 2.11. The molecule has 0 N–H and O–H groups in total. The summed E-state index contributed by atoms with van der Waals surface area (Å²) in [6.07, 6.45) is 0. The molecule has 0 bridgehead atoms. The van der Waals surface area contributed by atoms with Crippen LogP contribution in [0.1, 0.15) is 0 Å². The standard InChI is InChI=1S/C14H10ClN3O/c1-19-12-8-4-7-11(16-12)13-9-5-2-3-6-10(9)14(15)18-17-13/h2-8H,1H3. The second kappa shape index (κ2) is 4.82. The fourth-order valence-corrected chi connectivity index (χ4v) is 2.12. The number of nitrogens with zero attached hydrogens (tertiary/aromatic N) is 3. The van der Waals surface area contributed by atoms with Gasteiger partial charge in [-0.1, -0.05) is 41.9 Å². The van der Waals surface area contributed by atoms with Crippen LogP contribution in [0, 0.1) is 0 Å². The highest BCUT2D eigenvalue weighted by Crippen LogP contribution is 2.28. The highest BCUT2D eigenvalue weighted by Gasteiger charge is 2.11. The van der Waals surface area contributed by atoms with Crippen LogP contribution in [0.5, 0.6) is 5.88 Å². The van der Waals surface area contributed by atoms with E-state index in [1.54, 1.807) is 13.2 Å². The minimum atomic E-state index is 0.391. The molecule has 3 rings (SSSR count). The second-order valence-electron chi connectivity index (χ2n) is 3.95. The van der Waals surface area contributed by atoms with Crippen LogP contribution < -0.4 is 4.74 Å². The Morgan fingerprint density at radius 2 is 1.74 bits per heavy atom. The minimum Gasteiger partial charge on any atom is -0.481 e. The van der Waals surface area contributed by atoms with Crippen LogP contribution in [-0.2, 0) is 0 Å². The van der Waals surface area contributed by atoms with Gasteiger partial charge in [-0.2, -0.15) is 0 Å². The topological polar surface area (TPSA) is 47.9 Å². The molecule has 5 heteroatoms. The van der Waals surface area contributed by atoms with Gasteiger partial charge in [-0.05, 0) is 6.07 Å². The fraction of sp³-hybridized carbons (Fsp3) is 0.0714. The molecule has 0 fully saturated rings. The number of rotatable bonds is 2. The molecule has 1 aromatic carbocycles. The van der Waals surface area contributed by atoms with Crippen LogP contribution in [0.15, 0.2) is 42.5 Å². The van der Waals surface area contributed by atoms with Crippen molar-refractivity contribution in [1.82, 2.24) is 15.2 Å². The van der Waals surface area contributed by atoms with Crippen molar-refractivity contribution in [3.05, 3.63) is 47.6 Å². The Hall–Kier alpha value is -2.20. The van der Waals surface area contributed by atoms with E-state index in [9.17, 15) is 0 Å². The van der Waals surface area contributed by atoms with Gasteiger partial charge in [-0.15, -0.1) is 10.2 Å². The Morgan fingerprint density at radius 3 is 2.53 bits per heavy atom. The quantitative estimate of drug-likeness (QED) is 0.717. The van der Waals surface area contributed by atoms with Gasteiger partial charge in [0.15, 0.2) is 5.15 Å². The molecule has 2 heterocycles. The largest absolute Gasteiger partial charge is 0.481 e. The van der Waals surface area contributed by atoms with E-state index in [1.165, 1.54) is 0 Å². The molecule has 0 saturated carbocycles. The average Bonchev–Trinajstić information content (AvgIpc) is 2.48. The van der Waals surface area contributed by atoms with E-state index >= 15 is 0 Å². The number of methoxy groups -OCH3 is 1. The lowest BCUT2D eigenvalue weighted by Crippen LogP contribution is -1.95. The molecule has 4 nitrogen and oxygen atoms in total. The third-order valence-corrected chi connectivity index (χ3v) is 3.10. The molecule has 0 aliphatic heterocycles. The smallest absolute Gasteiger partial charge is 0.213 e. The monoisotopic (exact) mass is 271 g/mol. The van der Waals surface area contributed by atoms with Gasteiger partial charge in [-0.25, -0.2) is 4.98 Å². The number of hydrogen-bond acceptors (Lipinski definition) is 4. The molecule has 94 valence electrons. The first-order valence-electron chi connectivity index (χ1n) is 5.72. The highest BCUT2D eigenvalue weighted by atomic mass is 35.5. The van der Waals surface area contributed by atoms with Gasteiger partial charge in [0.2, 0.25) is 5.88 Å². The molecular formula is C14H10ClN3O. The molecule has 19 heavy (non-hydrogen) atoms. The van der Waals surface area contributed by atoms with Crippen molar-refractivity contribution in [2.75, 3.05) is 7.11 Å². The zero-order valence-corrected chi connectivity index (χ0v) is 10.9. The second-order valence-corrected chi connectivity index (χ2v) is 4.31. The molecule has 0 saturated heterocycles. The molecule has 0 radical (unpaired) electrons. The Balaban J connectivity index is 2.28. The van der Waals surface area contributed by atoms with Crippen LogP contribution in [0.3, 0.4) is 0 Å². The fourth-order valence-electron chi connectivity index (χ4n) is 1.92. The maximum Gasteiger partial charge on any atom is 0.213 e. The summed E-state index contributed by atoms with van der Waals surface area (Å²) < 4.78 is 5.13. The summed E-state index contributed by atoms with van der Waals surface area (Å²) in [4.78, 5) is 4.37. The van der Waals surface area contributed by atoms with Gasteiger partial charge in [0.1, 0.15) is 5.69 Å². The van der Waals surface area contributed by atoms with Crippen LogP contribution in [0.4, 0.5) is 0 Å². The molecular weight excluding hydrogens is 262 g/mol. The number of benzene rings is 1. The molecule has 0 spiro atoms. The molecule has 0 amide bonds. The first-order chi connectivity index (χ1) is 9.29. The normalized spacial score (nSPS) is 10.6. The zero-order chi connectivity index (χ0) is 13.2. The molecule has 0 aliphatic rings. The molecule has 0 atom stereocenters. The number of ether oxygens (including phenoxy) is 1. The summed E-state index contributed by atoms with van der Waals surface area (Å²) in [6.45, 7) is 0. The summed E-state index contributed by atoms with van der Waals surface area (Å²) in [5.41, 5.74) is 1.40. The maximum atomic E-state index is 6.06. The van der Waals surface area contributed by atoms with Crippen molar-refractivity contribution in [2.45, 2.75) is 0 Å². The van der Waals surface area contributed by atoms with E-state index in [2.05, 4.69) is 15.2 Å².